The number of benzene rings is 2. The Balaban J connectivity index is 1.94. The smallest absolute Gasteiger partial charge is 0.222 e. The van der Waals surface area contributed by atoms with Crippen LogP contribution in [-0.2, 0) is 6.61 Å². The number of ether oxygens (including phenoxy) is 2. The van der Waals surface area contributed by atoms with Gasteiger partial charge in [0, 0.05) is 16.1 Å². The molecule has 0 radical (unpaired) electrons. The average Bonchev–Trinajstić information content (AvgIpc) is 2.66. The molecule has 8 heteroatoms. The minimum Gasteiger partial charge on any atom is -0.493 e. The number of rotatable bonds is 5. The van der Waals surface area contributed by atoms with Crippen molar-refractivity contribution in [3.8, 4) is 28.8 Å². The fourth-order valence-corrected chi connectivity index (χ4v) is 2.71. The van der Waals surface area contributed by atoms with Crippen LogP contribution in [0.4, 0.5) is 11.8 Å². The van der Waals surface area contributed by atoms with Gasteiger partial charge in [-0.05, 0) is 24.3 Å². The molecule has 0 aliphatic heterocycles. The number of hydrogen-bond acceptors (Lipinski definition) is 7. The molecule has 3 aromatic rings. The first-order valence-electron chi connectivity index (χ1n) is 7.91. The van der Waals surface area contributed by atoms with E-state index >= 15 is 0 Å². The maximum Gasteiger partial charge on any atom is 0.222 e. The monoisotopic (exact) mass is 381 g/mol. The predicted octanol–water partition coefficient (Wildman–Crippen LogP) is 3.42. The third-order valence-corrected chi connectivity index (χ3v) is 4.21. The molecule has 0 amide bonds. The molecular weight excluding hydrogens is 366 g/mol. The van der Waals surface area contributed by atoms with Gasteiger partial charge in [-0.25, -0.2) is 4.98 Å². The number of nitrogens with two attached hydrogens (primary N) is 2. The molecule has 0 unspecified atom stereocenters. The second-order valence-electron chi connectivity index (χ2n) is 5.55. The zero-order valence-corrected chi connectivity index (χ0v) is 15.2. The van der Waals surface area contributed by atoms with E-state index in [0.717, 1.165) is 5.56 Å². The van der Waals surface area contributed by atoms with Crippen LogP contribution in [0.15, 0.2) is 42.5 Å². The highest BCUT2D eigenvalue weighted by Crippen LogP contribution is 2.34. The van der Waals surface area contributed by atoms with Crippen molar-refractivity contribution in [1.29, 1.82) is 5.26 Å². The van der Waals surface area contributed by atoms with Gasteiger partial charge in [0.2, 0.25) is 5.95 Å². The summed E-state index contributed by atoms with van der Waals surface area (Å²) in [6.07, 6.45) is 0. The minimum absolute atomic E-state index is 0.0143. The van der Waals surface area contributed by atoms with E-state index in [-0.39, 0.29) is 23.9 Å². The molecule has 0 saturated heterocycles. The lowest BCUT2D eigenvalue weighted by molar-refractivity contribution is 0.284. The van der Waals surface area contributed by atoms with E-state index in [4.69, 9.17) is 32.5 Å². The Kier molecular flexibility index (Phi) is 5.29. The molecule has 136 valence electrons. The van der Waals surface area contributed by atoms with Crippen molar-refractivity contribution in [2.75, 3.05) is 18.6 Å². The fourth-order valence-electron chi connectivity index (χ4n) is 2.52. The number of aromatic nitrogens is 2. The zero-order valence-electron chi connectivity index (χ0n) is 14.4. The molecule has 2 aromatic carbocycles. The molecule has 7 nitrogen and oxygen atoms in total. The third-order valence-electron chi connectivity index (χ3n) is 3.84. The van der Waals surface area contributed by atoms with E-state index in [1.807, 2.05) is 24.3 Å². The molecule has 0 aliphatic rings. The lowest BCUT2D eigenvalue weighted by Crippen LogP contribution is -2.05. The van der Waals surface area contributed by atoms with Crippen molar-refractivity contribution in [3.63, 3.8) is 0 Å². The fraction of sp³-hybridized carbons (Fsp3) is 0.105. The normalized spacial score (nSPS) is 10.3. The van der Waals surface area contributed by atoms with Gasteiger partial charge in [-0.1, -0.05) is 29.8 Å². The molecule has 27 heavy (non-hydrogen) atoms. The van der Waals surface area contributed by atoms with Gasteiger partial charge in [0.1, 0.15) is 24.1 Å². The van der Waals surface area contributed by atoms with Crippen LogP contribution >= 0.6 is 11.6 Å². The second kappa shape index (κ2) is 7.81. The molecule has 0 bridgehead atoms. The first-order valence-corrected chi connectivity index (χ1v) is 8.29. The van der Waals surface area contributed by atoms with Gasteiger partial charge in [0.25, 0.3) is 0 Å². The summed E-state index contributed by atoms with van der Waals surface area (Å²) in [5.74, 6) is 1.01. The Hall–Kier alpha value is -3.50. The summed E-state index contributed by atoms with van der Waals surface area (Å²) < 4.78 is 11.2. The zero-order chi connectivity index (χ0) is 19.4. The highest BCUT2D eigenvalue weighted by molar-refractivity contribution is 6.31. The van der Waals surface area contributed by atoms with Crippen LogP contribution < -0.4 is 20.9 Å². The molecule has 0 saturated carbocycles. The van der Waals surface area contributed by atoms with Crippen molar-refractivity contribution in [2.24, 2.45) is 0 Å². The molecule has 4 N–H and O–H groups in total. The number of nitrogens with zero attached hydrogens (tertiary/aromatic N) is 3. The second-order valence-corrected chi connectivity index (χ2v) is 5.96. The third kappa shape index (κ3) is 3.86. The van der Waals surface area contributed by atoms with Crippen molar-refractivity contribution < 1.29 is 9.47 Å². The number of halogens is 1. The lowest BCUT2D eigenvalue weighted by Gasteiger charge is -2.13. The molecule has 0 spiro atoms. The number of nitriles is 1. The van der Waals surface area contributed by atoms with Gasteiger partial charge >= 0.3 is 0 Å². The van der Waals surface area contributed by atoms with Crippen LogP contribution in [0.1, 0.15) is 11.1 Å². The van der Waals surface area contributed by atoms with E-state index < -0.39 is 0 Å². The largest absolute Gasteiger partial charge is 0.493 e. The van der Waals surface area contributed by atoms with E-state index in [0.29, 0.717) is 27.8 Å². The van der Waals surface area contributed by atoms with Crippen LogP contribution in [0.25, 0.3) is 11.3 Å². The summed E-state index contributed by atoms with van der Waals surface area (Å²) in [6.45, 7) is 0.284. The van der Waals surface area contributed by atoms with E-state index in [9.17, 15) is 5.26 Å². The molecular formula is C19H16ClN5O2. The van der Waals surface area contributed by atoms with Crippen LogP contribution in [0.2, 0.25) is 5.02 Å². The average molecular weight is 382 g/mol. The van der Waals surface area contributed by atoms with Gasteiger partial charge in [-0.15, -0.1) is 0 Å². The highest BCUT2D eigenvalue weighted by atomic mass is 35.5. The van der Waals surface area contributed by atoms with E-state index in [1.165, 1.54) is 7.11 Å². The maximum atomic E-state index is 9.35. The van der Waals surface area contributed by atoms with Gasteiger partial charge in [-0.3, -0.25) is 0 Å². The van der Waals surface area contributed by atoms with Gasteiger partial charge in [0.05, 0.1) is 12.8 Å². The summed E-state index contributed by atoms with van der Waals surface area (Å²) in [5, 5.41) is 9.97. The number of anilines is 2. The summed E-state index contributed by atoms with van der Waals surface area (Å²) in [6, 6.07) is 14.6. The molecule has 0 aliphatic carbocycles. The summed E-state index contributed by atoms with van der Waals surface area (Å²) in [4.78, 5) is 7.95. The van der Waals surface area contributed by atoms with Crippen LogP contribution in [0, 0.1) is 11.3 Å². The Morgan fingerprint density at radius 3 is 2.59 bits per heavy atom. The SMILES string of the molecule is COc1cc(-c2nc(N)nc(N)c2C#N)ccc1OCc1ccccc1Cl. The first-order chi connectivity index (χ1) is 13.0. The summed E-state index contributed by atoms with van der Waals surface area (Å²) >= 11 is 6.15. The summed E-state index contributed by atoms with van der Waals surface area (Å²) in [5.41, 5.74) is 13.4. The number of methoxy groups -OCH3 is 1. The molecule has 0 atom stereocenters. The van der Waals surface area contributed by atoms with Crippen molar-refractivity contribution in [3.05, 3.63) is 58.6 Å². The van der Waals surface area contributed by atoms with Crippen molar-refractivity contribution in [1.82, 2.24) is 9.97 Å². The standard InChI is InChI=1S/C19H16ClN5O2/c1-26-16-8-11(17-13(9-21)18(22)25-19(23)24-17)6-7-15(16)27-10-12-4-2-3-5-14(12)20/h2-8H,10H2,1H3,(H4,22,23,24,25). The first kappa shape index (κ1) is 18.3. The molecule has 1 aromatic heterocycles. The van der Waals surface area contributed by atoms with E-state index in [2.05, 4.69) is 9.97 Å². The topological polar surface area (TPSA) is 120 Å². The van der Waals surface area contributed by atoms with Crippen LogP contribution in [0.3, 0.4) is 0 Å². The minimum atomic E-state index is -0.0143. The maximum absolute atomic E-state index is 9.35. The number of hydrogen-bond donors (Lipinski definition) is 2. The van der Waals surface area contributed by atoms with Gasteiger partial charge in [-0.2, -0.15) is 10.2 Å². The Labute approximate surface area is 161 Å². The van der Waals surface area contributed by atoms with Gasteiger partial charge < -0.3 is 20.9 Å². The quantitative estimate of drug-likeness (QED) is 0.694. The summed E-state index contributed by atoms with van der Waals surface area (Å²) in [7, 11) is 1.52. The molecule has 1 heterocycles. The Bertz CT molecular complexity index is 1030. The molecule has 3 rings (SSSR count). The van der Waals surface area contributed by atoms with Crippen molar-refractivity contribution in [2.45, 2.75) is 6.61 Å². The van der Waals surface area contributed by atoms with Gasteiger partial charge in [0.15, 0.2) is 11.5 Å². The Morgan fingerprint density at radius 1 is 1.11 bits per heavy atom. The molecule has 0 fully saturated rings. The van der Waals surface area contributed by atoms with E-state index in [1.54, 1.807) is 24.3 Å². The Morgan fingerprint density at radius 2 is 1.89 bits per heavy atom. The van der Waals surface area contributed by atoms with Crippen LogP contribution in [0.5, 0.6) is 11.5 Å². The lowest BCUT2D eigenvalue weighted by atomic mass is 10.1. The number of nitrogen functional groups attached to an aromatic ring is 2. The highest BCUT2D eigenvalue weighted by Gasteiger charge is 2.16. The predicted molar refractivity (Wildman–Crippen MR) is 103 cm³/mol. The van der Waals surface area contributed by atoms with Crippen molar-refractivity contribution >= 4 is 23.4 Å². The van der Waals surface area contributed by atoms with Crippen LogP contribution in [-0.4, -0.2) is 17.1 Å².